The zero-order valence-electron chi connectivity index (χ0n) is 13.2. The second kappa shape index (κ2) is 6.26. The number of amides is 1. The number of nitrogens with two attached hydrogens (primary N) is 1. The molecule has 2 aromatic heterocycles. The molecule has 0 unspecified atom stereocenters. The zero-order valence-corrected chi connectivity index (χ0v) is 14.7. The first kappa shape index (κ1) is 17.1. The van der Waals surface area contributed by atoms with Gasteiger partial charge >= 0.3 is 0 Å². The van der Waals surface area contributed by atoms with Crippen LogP contribution in [0.2, 0.25) is 5.02 Å². The number of nitro groups is 1. The van der Waals surface area contributed by atoms with Crippen molar-refractivity contribution in [2.45, 2.75) is 13.8 Å². The highest BCUT2D eigenvalue weighted by Crippen LogP contribution is 2.35. The van der Waals surface area contributed by atoms with Gasteiger partial charge in [-0.3, -0.25) is 14.9 Å². The Labute approximate surface area is 150 Å². The summed E-state index contributed by atoms with van der Waals surface area (Å²) in [6.07, 6.45) is 0. The second-order valence-electron chi connectivity index (χ2n) is 5.31. The Bertz CT molecular complexity index is 1030. The van der Waals surface area contributed by atoms with Crippen LogP contribution >= 0.6 is 22.9 Å². The number of hydrogen-bond acceptors (Lipinski definition) is 7. The van der Waals surface area contributed by atoms with Gasteiger partial charge in [0, 0.05) is 17.1 Å². The summed E-state index contributed by atoms with van der Waals surface area (Å²) in [7, 11) is 0. The minimum Gasteiger partial charge on any atom is -0.397 e. The quantitative estimate of drug-likeness (QED) is 0.529. The van der Waals surface area contributed by atoms with E-state index >= 15 is 0 Å². The maximum absolute atomic E-state index is 12.5. The summed E-state index contributed by atoms with van der Waals surface area (Å²) in [6, 6.07) is 4.02. The number of hydrogen-bond donors (Lipinski definition) is 2. The molecule has 3 aromatic rings. The van der Waals surface area contributed by atoms with Gasteiger partial charge in [-0.25, -0.2) is 0 Å². The lowest BCUT2D eigenvalue weighted by atomic mass is 10.1. The number of aryl methyl sites for hydroxylation is 2. The molecule has 1 amide bonds. The minimum absolute atomic E-state index is 0.00857. The number of halogens is 1. The third kappa shape index (κ3) is 2.99. The zero-order chi connectivity index (χ0) is 18.3. The molecule has 1 aromatic carbocycles. The van der Waals surface area contributed by atoms with E-state index in [0.29, 0.717) is 15.9 Å². The van der Waals surface area contributed by atoms with Crippen LogP contribution in [0.25, 0.3) is 10.2 Å². The molecule has 10 heteroatoms. The van der Waals surface area contributed by atoms with Gasteiger partial charge in [-0.2, -0.15) is 5.10 Å². The van der Waals surface area contributed by atoms with Crippen molar-refractivity contribution in [2.75, 3.05) is 11.1 Å². The standard InChI is InChI=1S/C15H12ClN5O3S/c1-6-7(2)19-20-15-11(6)12(17)13(25-15)14(22)18-8-3-4-9(16)10(5-8)21(23)24/h3-5H,17H2,1-2H3,(H,18,22). The number of nitrogens with one attached hydrogen (secondary N) is 1. The molecule has 0 aliphatic rings. The summed E-state index contributed by atoms with van der Waals surface area (Å²) >= 11 is 6.89. The van der Waals surface area contributed by atoms with E-state index in [0.717, 1.165) is 22.6 Å². The lowest BCUT2D eigenvalue weighted by Crippen LogP contribution is -2.12. The first-order chi connectivity index (χ1) is 11.8. The van der Waals surface area contributed by atoms with Crippen LogP contribution in [-0.4, -0.2) is 21.0 Å². The third-order valence-electron chi connectivity index (χ3n) is 3.74. The fourth-order valence-electron chi connectivity index (χ4n) is 2.33. The van der Waals surface area contributed by atoms with Crippen molar-refractivity contribution in [3.8, 4) is 0 Å². The SMILES string of the molecule is Cc1nnc2sc(C(=O)Nc3ccc(Cl)c([N+](=O)[O-])c3)c(N)c2c1C. The van der Waals surface area contributed by atoms with Crippen molar-refractivity contribution in [2.24, 2.45) is 0 Å². The van der Waals surface area contributed by atoms with Crippen LogP contribution in [0.1, 0.15) is 20.9 Å². The molecule has 0 fully saturated rings. The van der Waals surface area contributed by atoms with Crippen LogP contribution in [-0.2, 0) is 0 Å². The van der Waals surface area contributed by atoms with E-state index in [1.54, 1.807) is 0 Å². The van der Waals surface area contributed by atoms with E-state index in [9.17, 15) is 14.9 Å². The van der Waals surface area contributed by atoms with Crippen molar-refractivity contribution in [3.63, 3.8) is 0 Å². The molecule has 0 saturated carbocycles. The number of benzene rings is 1. The molecule has 128 valence electrons. The van der Waals surface area contributed by atoms with Crippen LogP contribution < -0.4 is 11.1 Å². The second-order valence-corrected chi connectivity index (χ2v) is 6.72. The van der Waals surface area contributed by atoms with Gasteiger partial charge in [-0.15, -0.1) is 16.4 Å². The van der Waals surface area contributed by atoms with Crippen LogP contribution in [0.5, 0.6) is 0 Å². The third-order valence-corrected chi connectivity index (χ3v) is 5.15. The Morgan fingerprint density at radius 2 is 2.08 bits per heavy atom. The summed E-state index contributed by atoms with van der Waals surface area (Å²) in [4.78, 5) is 23.7. The Balaban J connectivity index is 1.98. The summed E-state index contributed by atoms with van der Waals surface area (Å²) in [5.74, 6) is -0.478. The molecule has 0 spiro atoms. The average molecular weight is 378 g/mol. The van der Waals surface area contributed by atoms with Crippen molar-refractivity contribution in [1.82, 2.24) is 10.2 Å². The fraction of sp³-hybridized carbons (Fsp3) is 0.133. The first-order valence-corrected chi connectivity index (χ1v) is 8.26. The molecule has 0 aliphatic carbocycles. The molecule has 8 nitrogen and oxygen atoms in total. The number of thiophene rings is 1. The van der Waals surface area contributed by atoms with Crippen molar-refractivity contribution >= 4 is 56.1 Å². The van der Waals surface area contributed by atoms with Crippen LogP contribution in [0.3, 0.4) is 0 Å². The molecule has 0 radical (unpaired) electrons. The predicted octanol–water partition coefficient (Wildman–Crippen LogP) is 3.70. The van der Waals surface area contributed by atoms with E-state index in [-0.39, 0.29) is 21.3 Å². The maximum Gasteiger partial charge on any atom is 0.289 e. The lowest BCUT2D eigenvalue weighted by Gasteiger charge is -2.05. The number of rotatable bonds is 3. The normalized spacial score (nSPS) is 10.8. The number of nitro benzene ring substituents is 1. The van der Waals surface area contributed by atoms with Gasteiger partial charge in [0.2, 0.25) is 0 Å². The molecular weight excluding hydrogens is 366 g/mol. The minimum atomic E-state index is -0.618. The van der Waals surface area contributed by atoms with Crippen molar-refractivity contribution in [3.05, 3.63) is 49.5 Å². The molecule has 25 heavy (non-hydrogen) atoms. The molecule has 3 N–H and O–H groups in total. The number of carbonyl (C=O) groups excluding carboxylic acids is 1. The van der Waals surface area contributed by atoms with Gasteiger partial charge < -0.3 is 11.1 Å². The number of nitrogen functional groups attached to an aromatic ring is 1. The first-order valence-electron chi connectivity index (χ1n) is 7.06. The number of anilines is 2. The topological polar surface area (TPSA) is 124 Å². The van der Waals surface area contributed by atoms with Crippen molar-refractivity contribution < 1.29 is 9.72 Å². The Hall–Kier alpha value is -2.78. The summed E-state index contributed by atoms with van der Waals surface area (Å²) < 4.78 is 0. The summed E-state index contributed by atoms with van der Waals surface area (Å²) in [5, 5.41) is 22.3. The summed E-state index contributed by atoms with van der Waals surface area (Å²) in [6.45, 7) is 3.67. The molecule has 0 aliphatic heterocycles. The highest BCUT2D eigenvalue weighted by molar-refractivity contribution is 7.21. The molecule has 0 saturated heterocycles. The van der Waals surface area contributed by atoms with Gasteiger partial charge in [0.1, 0.15) is 14.7 Å². The molecular formula is C15H12ClN5O3S. The summed E-state index contributed by atoms with van der Waals surface area (Å²) in [5.41, 5.74) is 7.99. The van der Waals surface area contributed by atoms with E-state index in [2.05, 4.69) is 15.5 Å². The molecule has 2 heterocycles. The highest BCUT2D eigenvalue weighted by atomic mass is 35.5. The number of carbonyl (C=O) groups is 1. The molecule has 0 atom stereocenters. The van der Waals surface area contributed by atoms with Crippen LogP contribution in [0.15, 0.2) is 18.2 Å². The van der Waals surface area contributed by atoms with E-state index < -0.39 is 10.8 Å². The Morgan fingerprint density at radius 1 is 1.36 bits per heavy atom. The maximum atomic E-state index is 12.5. The molecule has 3 rings (SSSR count). The van der Waals surface area contributed by atoms with E-state index in [1.807, 2.05) is 13.8 Å². The predicted molar refractivity (Wildman–Crippen MR) is 97.4 cm³/mol. The van der Waals surface area contributed by atoms with Gasteiger partial charge in [0.15, 0.2) is 0 Å². The largest absolute Gasteiger partial charge is 0.397 e. The van der Waals surface area contributed by atoms with Gasteiger partial charge in [0.05, 0.1) is 16.3 Å². The fourth-order valence-corrected chi connectivity index (χ4v) is 3.51. The van der Waals surface area contributed by atoms with E-state index in [4.69, 9.17) is 17.3 Å². The number of aromatic nitrogens is 2. The average Bonchev–Trinajstić information content (AvgIpc) is 2.90. The number of nitrogens with zero attached hydrogens (tertiary/aromatic N) is 3. The van der Waals surface area contributed by atoms with Crippen molar-refractivity contribution in [1.29, 1.82) is 0 Å². The van der Waals surface area contributed by atoms with Crippen LogP contribution in [0, 0.1) is 24.0 Å². The van der Waals surface area contributed by atoms with E-state index in [1.165, 1.54) is 18.2 Å². The van der Waals surface area contributed by atoms with Gasteiger partial charge in [-0.05, 0) is 31.5 Å². The Morgan fingerprint density at radius 3 is 2.76 bits per heavy atom. The van der Waals surface area contributed by atoms with Crippen LogP contribution in [0.4, 0.5) is 17.1 Å². The van der Waals surface area contributed by atoms with Gasteiger partial charge in [0.25, 0.3) is 11.6 Å². The lowest BCUT2D eigenvalue weighted by molar-refractivity contribution is -0.384. The van der Waals surface area contributed by atoms with Gasteiger partial charge in [-0.1, -0.05) is 11.6 Å². The molecule has 0 bridgehead atoms. The monoisotopic (exact) mass is 377 g/mol. The Kier molecular flexibility index (Phi) is 4.27. The highest BCUT2D eigenvalue weighted by Gasteiger charge is 2.21. The number of fused-ring (bicyclic) bond motifs is 1. The smallest absolute Gasteiger partial charge is 0.289 e.